The number of hydrogen-bond acceptors (Lipinski definition) is 1. The zero-order chi connectivity index (χ0) is 23.1. The fourth-order valence-corrected chi connectivity index (χ4v) is 4.95. The fourth-order valence-electron chi connectivity index (χ4n) is 4.95. The van der Waals surface area contributed by atoms with Crippen LogP contribution >= 0.6 is 0 Å². The second-order valence-electron chi connectivity index (χ2n) is 8.20. The van der Waals surface area contributed by atoms with E-state index < -0.39 is 0 Å². The summed E-state index contributed by atoms with van der Waals surface area (Å²) in [7, 11) is 0. The third-order valence-corrected chi connectivity index (χ3v) is 6.39. The molecule has 2 aromatic heterocycles. The van der Waals surface area contributed by atoms with Crippen molar-refractivity contribution in [3.05, 3.63) is 115 Å². The van der Waals surface area contributed by atoms with Crippen molar-refractivity contribution in [1.82, 2.24) is 4.57 Å². The Morgan fingerprint density at radius 3 is 2.03 bits per heavy atom. The molecule has 0 spiro atoms. The van der Waals surface area contributed by atoms with E-state index in [1.807, 2.05) is 13.8 Å². The lowest BCUT2D eigenvalue weighted by atomic mass is 10.0. The Labute approximate surface area is 198 Å². The van der Waals surface area contributed by atoms with Crippen LogP contribution < -0.4 is 0 Å². The molecular formula is C32H25NO. The monoisotopic (exact) mass is 439 g/mol. The van der Waals surface area contributed by atoms with Gasteiger partial charge in [-0.15, -0.1) is 0 Å². The van der Waals surface area contributed by atoms with Gasteiger partial charge < -0.3 is 8.98 Å². The van der Waals surface area contributed by atoms with Crippen molar-refractivity contribution in [2.45, 2.75) is 13.8 Å². The summed E-state index contributed by atoms with van der Waals surface area (Å²) in [5.74, 6) is 0. The number of nitrogens with zero attached hydrogens (tertiary/aromatic N) is 1. The smallest absolute Gasteiger partial charge is 0.145 e. The molecule has 0 saturated heterocycles. The first kappa shape index (κ1) is 20.3. The van der Waals surface area contributed by atoms with Gasteiger partial charge in [-0.05, 0) is 53.6 Å². The second-order valence-corrected chi connectivity index (χ2v) is 8.20. The molecule has 7 rings (SSSR count). The predicted octanol–water partition coefficient (Wildman–Crippen LogP) is 9.38. The summed E-state index contributed by atoms with van der Waals surface area (Å²) in [5.41, 5.74) is 7.79. The molecule has 2 heteroatoms. The van der Waals surface area contributed by atoms with Crippen molar-refractivity contribution in [3.63, 3.8) is 0 Å². The Bertz CT molecular complexity index is 1760. The minimum Gasteiger partial charge on any atom is -0.455 e. The highest BCUT2D eigenvalue weighted by molar-refractivity contribution is 6.24. The van der Waals surface area contributed by atoms with Crippen LogP contribution in [0.2, 0.25) is 0 Å². The van der Waals surface area contributed by atoms with E-state index >= 15 is 0 Å². The molecule has 0 amide bonds. The van der Waals surface area contributed by atoms with Crippen molar-refractivity contribution in [2.75, 3.05) is 0 Å². The van der Waals surface area contributed by atoms with Crippen molar-refractivity contribution >= 4 is 43.7 Å². The van der Waals surface area contributed by atoms with Crippen LogP contribution in [0.4, 0.5) is 0 Å². The van der Waals surface area contributed by atoms with E-state index in [0.29, 0.717) is 0 Å². The molecule has 34 heavy (non-hydrogen) atoms. The van der Waals surface area contributed by atoms with Crippen LogP contribution in [0.3, 0.4) is 0 Å². The van der Waals surface area contributed by atoms with E-state index in [9.17, 15) is 0 Å². The van der Waals surface area contributed by atoms with Crippen LogP contribution in [-0.2, 0) is 0 Å². The molecule has 0 aliphatic carbocycles. The van der Waals surface area contributed by atoms with E-state index in [1.165, 1.54) is 27.4 Å². The minimum atomic E-state index is 0.920. The Kier molecular flexibility index (Phi) is 4.92. The third-order valence-electron chi connectivity index (χ3n) is 6.39. The van der Waals surface area contributed by atoms with Crippen molar-refractivity contribution < 1.29 is 4.42 Å². The number of fused-ring (bicyclic) bond motifs is 7. The van der Waals surface area contributed by atoms with Gasteiger partial charge in [0.1, 0.15) is 11.2 Å². The quantitative estimate of drug-likeness (QED) is 0.262. The number of hydrogen-bond donors (Lipinski definition) is 0. The lowest BCUT2D eigenvalue weighted by Gasteiger charge is -2.07. The Morgan fingerprint density at radius 1 is 0.529 bits per heavy atom. The van der Waals surface area contributed by atoms with Crippen LogP contribution in [-0.4, -0.2) is 4.57 Å². The maximum absolute atomic E-state index is 6.50. The maximum atomic E-state index is 6.50. The van der Waals surface area contributed by atoms with Gasteiger partial charge in [0.05, 0.1) is 16.4 Å². The third kappa shape index (κ3) is 3.03. The molecule has 0 fully saturated rings. The normalized spacial score (nSPS) is 11.2. The molecule has 0 aliphatic heterocycles. The SMILES string of the molecule is CC.c1ccc(-c2ccc3oc4c(ccc5c4c4ccccc4n5-c4ccccc4)c3c2)cc1. The summed E-state index contributed by atoms with van der Waals surface area (Å²) in [5, 5.41) is 4.68. The van der Waals surface area contributed by atoms with Gasteiger partial charge >= 0.3 is 0 Å². The molecule has 0 radical (unpaired) electrons. The number of furan rings is 1. The molecule has 164 valence electrons. The largest absolute Gasteiger partial charge is 0.455 e. The molecule has 5 aromatic carbocycles. The molecule has 0 saturated carbocycles. The van der Waals surface area contributed by atoms with Crippen molar-refractivity contribution in [3.8, 4) is 16.8 Å². The van der Waals surface area contributed by atoms with Gasteiger partial charge in [-0.2, -0.15) is 0 Å². The lowest BCUT2D eigenvalue weighted by molar-refractivity contribution is 0.673. The molecule has 0 N–H and O–H groups in total. The molecule has 2 heterocycles. The van der Waals surface area contributed by atoms with Gasteiger partial charge in [-0.1, -0.05) is 86.6 Å². The number of para-hydroxylation sites is 2. The van der Waals surface area contributed by atoms with E-state index in [0.717, 1.165) is 33.1 Å². The zero-order valence-corrected chi connectivity index (χ0v) is 19.3. The summed E-state index contributed by atoms with van der Waals surface area (Å²) >= 11 is 0. The average molecular weight is 440 g/mol. The number of aromatic nitrogens is 1. The van der Waals surface area contributed by atoms with Crippen molar-refractivity contribution in [2.24, 2.45) is 0 Å². The highest BCUT2D eigenvalue weighted by Gasteiger charge is 2.18. The van der Waals surface area contributed by atoms with Crippen LogP contribution in [0.5, 0.6) is 0 Å². The molecule has 0 aliphatic rings. The van der Waals surface area contributed by atoms with Gasteiger partial charge in [-0.3, -0.25) is 0 Å². The van der Waals surface area contributed by atoms with Gasteiger partial charge in [0, 0.05) is 21.8 Å². The Hall–Kier alpha value is -4.30. The van der Waals surface area contributed by atoms with Crippen LogP contribution in [0.25, 0.3) is 60.6 Å². The Balaban J connectivity index is 0.00000106. The van der Waals surface area contributed by atoms with E-state index in [4.69, 9.17) is 4.42 Å². The minimum absolute atomic E-state index is 0.920. The lowest BCUT2D eigenvalue weighted by Crippen LogP contribution is -1.92. The number of rotatable bonds is 2. The molecule has 0 bridgehead atoms. The van der Waals surface area contributed by atoms with Gasteiger partial charge in [0.25, 0.3) is 0 Å². The summed E-state index contributed by atoms with van der Waals surface area (Å²) in [4.78, 5) is 0. The van der Waals surface area contributed by atoms with E-state index in [-0.39, 0.29) is 0 Å². The predicted molar refractivity (Wildman–Crippen MR) is 145 cm³/mol. The summed E-state index contributed by atoms with van der Waals surface area (Å²) < 4.78 is 8.83. The molecule has 7 aromatic rings. The van der Waals surface area contributed by atoms with E-state index in [1.54, 1.807) is 0 Å². The fraction of sp³-hybridized carbons (Fsp3) is 0.0625. The average Bonchev–Trinajstić information content (AvgIpc) is 3.46. The van der Waals surface area contributed by atoms with Crippen LogP contribution in [0.1, 0.15) is 13.8 Å². The van der Waals surface area contributed by atoms with Crippen molar-refractivity contribution in [1.29, 1.82) is 0 Å². The number of benzene rings is 5. The Morgan fingerprint density at radius 2 is 1.24 bits per heavy atom. The molecular weight excluding hydrogens is 414 g/mol. The summed E-state index contributed by atoms with van der Waals surface area (Å²) in [6.07, 6.45) is 0. The first-order valence-electron chi connectivity index (χ1n) is 11.9. The first-order valence-corrected chi connectivity index (χ1v) is 11.9. The zero-order valence-electron chi connectivity index (χ0n) is 19.3. The van der Waals surface area contributed by atoms with Gasteiger partial charge in [0.2, 0.25) is 0 Å². The summed E-state index contributed by atoms with van der Waals surface area (Å²) in [6.45, 7) is 4.00. The standard InChI is InChI=1S/C30H19NO.C2H6/c1-3-9-20(10-4-1)21-15-18-28-25(19-21)23-16-17-27-29(30(23)32-28)24-13-7-8-14-26(24)31(27)22-11-5-2-6-12-22;1-2/h1-19H;1-2H3. The highest BCUT2D eigenvalue weighted by Crippen LogP contribution is 2.41. The van der Waals surface area contributed by atoms with Gasteiger partial charge in [0.15, 0.2) is 0 Å². The molecule has 0 atom stereocenters. The van der Waals surface area contributed by atoms with Crippen LogP contribution in [0.15, 0.2) is 120 Å². The highest BCUT2D eigenvalue weighted by atomic mass is 16.3. The topological polar surface area (TPSA) is 18.1 Å². The van der Waals surface area contributed by atoms with E-state index in [2.05, 4.69) is 120 Å². The maximum Gasteiger partial charge on any atom is 0.145 e. The summed E-state index contributed by atoms with van der Waals surface area (Å²) in [6, 6.07) is 40.5. The second kappa shape index (κ2) is 8.24. The van der Waals surface area contributed by atoms with Crippen LogP contribution in [0, 0.1) is 0 Å². The first-order chi connectivity index (χ1) is 16.9. The molecule has 0 unspecified atom stereocenters. The van der Waals surface area contributed by atoms with Gasteiger partial charge in [-0.25, -0.2) is 0 Å². The molecule has 2 nitrogen and oxygen atoms in total.